The van der Waals surface area contributed by atoms with E-state index >= 15 is 0 Å². The Hall–Kier alpha value is -0.720. The summed E-state index contributed by atoms with van der Waals surface area (Å²) >= 11 is 5.80. The van der Waals surface area contributed by atoms with Gasteiger partial charge in [-0.25, -0.2) is 4.98 Å². The fraction of sp³-hybridized carbons (Fsp3) is 0.500. The summed E-state index contributed by atoms with van der Waals surface area (Å²) in [6.45, 7) is -0.390. The highest BCUT2D eigenvalue weighted by molar-refractivity contribution is 6.30. The second-order valence-corrected chi connectivity index (χ2v) is 3.92. The standard InChI is InChI=1S/C10H15ClN2O3/c11-10-6(2-1-3-13-10)4-8(15)9(16)7(12)5-14/h1-3,7-9,14-16H,4-5,12H2/t7-,8+,9-/m0/s1. The molecule has 3 atom stereocenters. The Balaban J connectivity index is 2.64. The lowest BCUT2D eigenvalue weighted by Gasteiger charge is -2.22. The van der Waals surface area contributed by atoms with Crippen LogP contribution in [0.25, 0.3) is 0 Å². The molecule has 0 spiro atoms. The van der Waals surface area contributed by atoms with Crippen LogP contribution in [0.2, 0.25) is 5.15 Å². The molecule has 5 N–H and O–H groups in total. The van der Waals surface area contributed by atoms with Gasteiger partial charge in [0.15, 0.2) is 0 Å². The van der Waals surface area contributed by atoms with Crippen LogP contribution >= 0.6 is 11.6 Å². The first-order valence-electron chi connectivity index (χ1n) is 4.88. The van der Waals surface area contributed by atoms with Gasteiger partial charge in [0.25, 0.3) is 0 Å². The van der Waals surface area contributed by atoms with Gasteiger partial charge in [-0.3, -0.25) is 0 Å². The van der Waals surface area contributed by atoms with Crippen LogP contribution in [0.15, 0.2) is 18.3 Å². The van der Waals surface area contributed by atoms with E-state index in [1.165, 1.54) is 6.20 Å². The van der Waals surface area contributed by atoms with Crippen LogP contribution < -0.4 is 5.73 Å². The third-order valence-electron chi connectivity index (χ3n) is 2.31. The Morgan fingerprint density at radius 3 is 2.69 bits per heavy atom. The van der Waals surface area contributed by atoms with Gasteiger partial charge < -0.3 is 21.1 Å². The molecule has 90 valence electrons. The van der Waals surface area contributed by atoms with E-state index in [9.17, 15) is 10.2 Å². The van der Waals surface area contributed by atoms with E-state index < -0.39 is 18.2 Å². The predicted octanol–water partition coefficient (Wildman–Crippen LogP) is -0.681. The normalized spacial score (nSPS) is 16.8. The van der Waals surface area contributed by atoms with Gasteiger partial charge in [0, 0.05) is 12.6 Å². The zero-order valence-corrected chi connectivity index (χ0v) is 9.38. The molecule has 1 aromatic rings. The molecule has 0 amide bonds. The highest BCUT2D eigenvalue weighted by Gasteiger charge is 2.23. The molecule has 0 bridgehead atoms. The summed E-state index contributed by atoms with van der Waals surface area (Å²) in [7, 11) is 0. The van der Waals surface area contributed by atoms with Gasteiger partial charge >= 0.3 is 0 Å². The molecule has 16 heavy (non-hydrogen) atoms. The molecule has 0 radical (unpaired) electrons. The van der Waals surface area contributed by atoms with Gasteiger partial charge in [0.1, 0.15) is 5.15 Å². The smallest absolute Gasteiger partial charge is 0.132 e. The Morgan fingerprint density at radius 1 is 1.44 bits per heavy atom. The van der Waals surface area contributed by atoms with Crippen molar-refractivity contribution in [3.63, 3.8) is 0 Å². The summed E-state index contributed by atoms with van der Waals surface area (Å²) in [6, 6.07) is 2.52. The van der Waals surface area contributed by atoms with E-state index in [0.29, 0.717) is 5.56 Å². The molecule has 0 aliphatic carbocycles. The number of aliphatic hydroxyl groups excluding tert-OH is 3. The molecule has 6 heteroatoms. The van der Waals surface area contributed by atoms with Gasteiger partial charge in [-0.15, -0.1) is 0 Å². The molecule has 0 fully saturated rings. The van der Waals surface area contributed by atoms with Gasteiger partial charge in [0.2, 0.25) is 0 Å². The number of nitrogens with zero attached hydrogens (tertiary/aromatic N) is 1. The number of aromatic nitrogens is 1. The highest BCUT2D eigenvalue weighted by Crippen LogP contribution is 2.15. The van der Waals surface area contributed by atoms with E-state index in [-0.39, 0.29) is 18.2 Å². The van der Waals surface area contributed by atoms with Crippen LogP contribution in [0.3, 0.4) is 0 Å². The van der Waals surface area contributed by atoms with Crippen molar-refractivity contribution >= 4 is 11.6 Å². The second-order valence-electron chi connectivity index (χ2n) is 3.56. The largest absolute Gasteiger partial charge is 0.395 e. The van der Waals surface area contributed by atoms with Gasteiger partial charge in [0.05, 0.1) is 24.9 Å². The van der Waals surface area contributed by atoms with Crippen molar-refractivity contribution in [3.8, 4) is 0 Å². The average molecular weight is 247 g/mol. The fourth-order valence-corrected chi connectivity index (χ4v) is 1.51. The molecule has 0 unspecified atom stereocenters. The monoisotopic (exact) mass is 246 g/mol. The first kappa shape index (κ1) is 13.3. The average Bonchev–Trinajstić information content (AvgIpc) is 2.30. The highest BCUT2D eigenvalue weighted by atomic mass is 35.5. The summed E-state index contributed by atoms with van der Waals surface area (Å²) < 4.78 is 0. The number of nitrogens with two attached hydrogens (primary N) is 1. The maximum absolute atomic E-state index is 9.67. The number of hydrogen-bond acceptors (Lipinski definition) is 5. The van der Waals surface area contributed by atoms with E-state index in [1.54, 1.807) is 12.1 Å². The van der Waals surface area contributed by atoms with Crippen molar-refractivity contribution in [1.29, 1.82) is 0 Å². The minimum atomic E-state index is -1.19. The van der Waals surface area contributed by atoms with E-state index in [1.807, 2.05) is 0 Å². The minimum absolute atomic E-state index is 0.140. The van der Waals surface area contributed by atoms with Crippen molar-refractivity contribution in [2.75, 3.05) is 6.61 Å². The third kappa shape index (κ3) is 3.40. The molecule has 0 saturated heterocycles. The summed E-state index contributed by atoms with van der Waals surface area (Å²) in [5.41, 5.74) is 6.03. The number of rotatable bonds is 5. The maximum atomic E-state index is 9.67. The van der Waals surface area contributed by atoms with E-state index in [4.69, 9.17) is 22.4 Å². The molecule has 1 heterocycles. The van der Waals surface area contributed by atoms with Crippen LogP contribution in [0.5, 0.6) is 0 Å². The third-order valence-corrected chi connectivity index (χ3v) is 2.65. The van der Waals surface area contributed by atoms with Gasteiger partial charge in [-0.05, 0) is 11.6 Å². The number of aliphatic hydroxyl groups is 3. The Morgan fingerprint density at radius 2 is 2.12 bits per heavy atom. The molecular weight excluding hydrogens is 232 g/mol. The van der Waals surface area contributed by atoms with Crippen LogP contribution in [-0.4, -0.2) is 45.2 Å². The molecular formula is C10H15ClN2O3. The van der Waals surface area contributed by atoms with Crippen molar-refractivity contribution in [2.45, 2.75) is 24.7 Å². The molecule has 0 aromatic carbocycles. The SMILES string of the molecule is N[C@@H](CO)[C@H](O)[C@H](O)Cc1cccnc1Cl. The van der Waals surface area contributed by atoms with Crippen LogP contribution in [-0.2, 0) is 6.42 Å². The summed E-state index contributed by atoms with van der Waals surface area (Å²) in [6.07, 6.45) is -0.597. The molecule has 0 saturated carbocycles. The molecule has 1 aromatic heterocycles. The molecule has 1 rings (SSSR count). The number of pyridine rings is 1. The Bertz CT molecular complexity index is 338. The van der Waals surface area contributed by atoms with Crippen LogP contribution in [0.4, 0.5) is 0 Å². The Labute approximate surface area is 98.5 Å². The number of hydrogen-bond donors (Lipinski definition) is 4. The quantitative estimate of drug-likeness (QED) is 0.516. The lowest BCUT2D eigenvalue weighted by atomic mass is 10.0. The zero-order valence-electron chi connectivity index (χ0n) is 8.62. The summed E-state index contributed by atoms with van der Waals surface area (Å²) in [4.78, 5) is 3.85. The summed E-state index contributed by atoms with van der Waals surface area (Å²) in [5, 5.41) is 28.2. The lowest BCUT2D eigenvalue weighted by molar-refractivity contribution is -0.00651. The molecule has 5 nitrogen and oxygen atoms in total. The lowest BCUT2D eigenvalue weighted by Crippen LogP contribution is -2.46. The maximum Gasteiger partial charge on any atom is 0.132 e. The van der Waals surface area contributed by atoms with E-state index in [0.717, 1.165) is 0 Å². The van der Waals surface area contributed by atoms with Crippen molar-refractivity contribution in [1.82, 2.24) is 4.98 Å². The first-order chi connectivity index (χ1) is 7.56. The molecule has 0 aliphatic heterocycles. The van der Waals surface area contributed by atoms with E-state index in [2.05, 4.69) is 4.98 Å². The number of halogens is 1. The van der Waals surface area contributed by atoms with Gasteiger partial charge in [-0.2, -0.15) is 0 Å². The van der Waals surface area contributed by atoms with Gasteiger partial charge in [-0.1, -0.05) is 17.7 Å². The van der Waals surface area contributed by atoms with Crippen molar-refractivity contribution in [3.05, 3.63) is 29.0 Å². The zero-order chi connectivity index (χ0) is 12.1. The Kier molecular flexibility index (Phi) is 5.11. The molecule has 0 aliphatic rings. The van der Waals surface area contributed by atoms with Crippen molar-refractivity contribution < 1.29 is 15.3 Å². The van der Waals surface area contributed by atoms with Crippen LogP contribution in [0.1, 0.15) is 5.56 Å². The van der Waals surface area contributed by atoms with Crippen molar-refractivity contribution in [2.24, 2.45) is 5.73 Å². The predicted molar refractivity (Wildman–Crippen MR) is 60.0 cm³/mol. The first-order valence-corrected chi connectivity index (χ1v) is 5.26. The minimum Gasteiger partial charge on any atom is -0.395 e. The summed E-state index contributed by atoms with van der Waals surface area (Å²) in [5.74, 6) is 0. The van der Waals surface area contributed by atoms with Crippen LogP contribution in [0, 0.1) is 0 Å². The topological polar surface area (TPSA) is 99.6 Å². The fourth-order valence-electron chi connectivity index (χ4n) is 1.31. The second kappa shape index (κ2) is 6.12.